The van der Waals surface area contributed by atoms with Gasteiger partial charge in [0, 0.05) is 31.2 Å². The normalized spacial score (nSPS) is 11.0. The Morgan fingerprint density at radius 2 is 1.68 bits per heavy atom. The summed E-state index contributed by atoms with van der Waals surface area (Å²) in [7, 11) is 0. The first-order chi connectivity index (χ1) is 14.8. The number of anilines is 4. The van der Waals surface area contributed by atoms with E-state index in [9.17, 15) is 18.0 Å². The topological polar surface area (TPSA) is 104 Å². The molecular formula is C19H17ClF3N7O. The number of nitrogens with zero attached hydrogens (tertiary/aromatic N) is 3. The summed E-state index contributed by atoms with van der Waals surface area (Å²) in [6, 6.07) is 9.02. The zero-order chi connectivity index (χ0) is 22.3. The summed E-state index contributed by atoms with van der Waals surface area (Å²) in [5.74, 6) is 1.04. The van der Waals surface area contributed by atoms with Crippen LogP contribution < -0.4 is 21.3 Å². The maximum absolute atomic E-state index is 12.8. The van der Waals surface area contributed by atoms with Crippen LogP contribution in [0.3, 0.4) is 0 Å². The van der Waals surface area contributed by atoms with E-state index in [0.29, 0.717) is 18.2 Å². The average molecular weight is 452 g/mol. The Kier molecular flexibility index (Phi) is 7.08. The molecular weight excluding hydrogens is 435 g/mol. The van der Waals surface area contributed by atoms with Crippen LogP contribution in [0, 0.1) is 0 Å². The number of halogens is 4. The summed E-state index contributed by atoms with van der Waals surface area (Å²) >= 11 is 5.85. The van der Waals surface area contributed by atoms with Crippen molar-refractivity contribution in [3.8, 4) is 0 Å². The molecule has 0 fully saturated rings. The summed E-state index contributed by atoms with van der Waals surface area (Å²) < 4.78 is 38.4. The first kappa shape index (κ1) is 22.1. The molecule has 31 heavy (non-hydrogen) atoms. The van der Waals surface area contributed by atoms with Gasteiger partial charge >= 0.3 is 12.2 Å². The van der Waals surface area contributed by atoms with Crippen LogP contribution in [0.15, 0.2) is 54.9 Å². The molecule has 0 aliphatic heterocycles. The fourth-order valence-electron chi connectivity index (χ4n) is 2.41. The highest BCUT2D eigenvalue weighted by molar-refractivity contribution is 6.33. The smallest absolute Gasteiger partial charge is 0.367 e. The Morgan fingerprint density at radius 3 is 2.35 bits per heavy atom. The van der Waals surface area contributed by atoms with E-state index in [0.717, 1.165) is 23.9 Å². The third-order valence-corrected chi connectivity index (χ3v) is 4.21. The van der Waals surface area contributed by atoms with Crippen LogP contribution in [0.1, 0.15) is 5.56 Å². The Balaban J connectivity index is 1.43. The molecule has 3 aromatic rings. The second-order valence-corrected chi connectivity index (χ2v) is 6.57. The molecule has 0 saturated carbocycles. The van der Waals surface area contributed by atoms with Crippen LogP contribution in [0.25, 0.3) is 0 Å². The summed E-state index contributed by atoms with van der Waals surface area (Å²) in [5.41, 5.74) is -0.222. The Bertz CT molecular complexity index is 1020. The molecule has 1 aromatic carbocycles. The van der Waals surface area contributed by atoms with Gasteiger partial charge in [-0.1, -0.05) is 11.6 Å². The van der Waals surface area contributed by atoms with Gasteiger partial charge in [-0.05, 0) is 42.5 Å². The van der Waals surface area contributed by atoms with Gasteiger partial charge in [0.15, 0.2) is 5.82 Å². The zero-order valence-electron chi connectivity index (χ0n) is 15.9. The summed E-state index contributed by atoms with van der Waals surface area (Å²) in [6.07, 6.45) is -1.24. The van der Waals surface area contributed by atoms with Gasteiger partial charge in [-0.2, -0.15) is 13.2 Å². The van der Waals surface area contributed by atoms with E-state index in [1.807, 2.05) is 0 Å². The third-order valence-electron chi connectivity index (χ3n) is 3.88. The zero-order valence-corrected chi connectivity index (χ0v) is 16.6. The van der Waals surface area contributed by atoms with Crippen molar-refractivity contribution >= 4 is 40.6 Å². The maximum atomic E-state index is 12.8. The van der Waals surface area contributed by atoms with Crippen molar-refractivity contribution in [3.05, 3.63) is 65.4 Å². The minimum absolute atomic E-state index is 0.00276. The monoisotopic (exact) mass is 451 g/mol. The lowest BCUT2D eigenvalue weighted by atomic mass is 10.2. The number of rotatable bonds is 7. The molecule has 2 aromatic heterocycles. The van der Waals surface area contributed by atoms with Crippen molar-refractivity contribution in [1.82, 2.24) is 20.5 Å². The van der Waals surface area contributed by atoms with Gasteiger partial charge in [-0.3, -0.25) is 4.98 Å². The van der Waals surface area contributed by atoms with Crippen molar-refractivity contribution in [2.75, 3.05) is 29.0 Å². The van der Waals surface area contributed by atoms with E-state index in [1.165, 1.54) is 0 Å². The van der Waals surface area contributed by atoms with Gasteiger partial charge in [0.25, 0.3) is 0 Å². The summed E-state index contributed by atoms with van der Waals surface area (Å²) in [6.45, 7) is 0.497. The van der Waals surface area contributed by atoms with Crippen molar-refractivity contribution in [2.24, 2.45) is 0 Å². The molecule has 2 amide bonds. The summed E-state index contributed by atoms with van der Waals surface area (Å²) in [5, 5.41) is 18.9. The number of carbonyl (C=O) groups excluding carboxylic acids is 1. The van der Waals surface area contributed by atoms with Gasteiger partial charge in [-0.15, -0.1) is 10.2 Å². The van der Waals surface area contributed by atoms with Crippen LogP contribution in [0.5, 0.6) is 0 Å². The third kappa shape index (κ3) is 6.71. The van der Waals surface area contributed by atoms with E-state index in [2.05, 4.69) is 36.4 Å². The molecule has 2 heterocycles. The molecule has 4 N–H and O–H groups in total. The Hall–Kier alpha value is -3.60. The molecule has 3 rings (SSSR count). The first-order valence-electron chi connectivity index (χ1n) is 8.97. The second-order valence-electron chi connectivity index (χ2n) is 6.16. The van der Waals surface area contributed by atoms with Crippen LogP contribution in [-0.4, -0.2) is 34.3 Å². The molecule has 0 bridgehead atoms. The van der Waals surface area contributed by atoms with Crippen molar-refractivity contribution < 1.29 is 18.0 Å². The molecule has 0 spiro atoms. The minimum atomic E-state index is -4.54. The number of alkyl halides is 3. The molecule has 0 aliphatic carbocycles. The predicted octanol–water partition coefficient (Wildman–Crippen LogP) is 4.52. The fourth-order valence-corrected chi connectivity index (χ4v) is 2.57. The van der Waals surface area contributed by atoms with Crippen LogP contribution in [0.2, 0.25) is 5.02 Å². The van der Waals surface area contributed by atoms with Crippen molar-refractivity contribution in [2.45, 2.75) is 6.18 Å². The molecule has 0 unspecified atom stereocenters. The van der Waals surface area contributed by atoms with Crippen molar-refractivity contribution in [3.63, 3.8) is 0 Å². The number of nitrogens with one attached hydrogen (secondary N) is 4. The molecule has 0 atom stereocenters. The second kappa shape index (κ2) is 9.94. The first-order valence-corrected chi connectivity index (χ1v) is 9.35. The predicted molar refractivity (Wildman–Crippen MR) is 112 cm³/mol. The minimum Gasteiger partial charge on any atom is -0.367 e. The molecule has 0 aliphatic rings. The van der Waals surface area contributed by atoms with Crippen LogP contribution in [0.4, 0.5) is 41.0 Å². The lowest BCUT2D eigenvalue weighted by Gasteiger charge is -2.12. The van der Waals surface area contributed by atoms with Crippen molar-refractivity contribution in [1.29, 1.82) is 0 Å². The van der Waals surface area contributed by atoms with Crippen LogP contribution >= 0.6 is 11.6 Å². The number of carbonyl (C=O) groups is 1. The van der Waals surface area contributed by atoms with Gasteiger partial charge in [-0.25, -0.2) is 4.79 Å². The standard InChI is InChI=1S/C19H17ClF3N7O/c20-14-2-1-12(19(21,22)23)11-15(14)28-18(31)26-10-9-25-16-3-4-17(30-29-16)27-13-5-7-24-8-6-13/h1-8,11H,9-10H2,(H,25,29)(H,24,27,30)(H2,26,28,31). The molecule has 8 nitrogen and oxygen atoms in total. The largest absolute Gasteiger partial charge is 0.416 e. The van der Waals surface area contributed by atoms with Crippen LogP contribution in [-0.2, 0) is 6.18 Å². The number of amides is 2. The van der Waals surface area contributed by atoms with Gasteiger partial charge in [0.1, 0.15) is 5.82 Å². The summed E-state index contributed by atoms with van der Waals surface area (Å²) in [4.78, 5) is 15.8. The SMILES string of the molecule is O=C(NCCNc1ccc(Nc2ccncc2)nn1)Nc1cc(C(F)(F)F)ccc1Cl. The number of urea groups is 1. The lowest BCUT2D eigenvalue weighted by molar-refractivity contribution is -0.137. The van der Waals surface area contributed by atoms with E-state index < -0.39 is 17.8 Å². The average Bonchev–Trinajstić information content (AvgIpc) is 2.74. The number of pyridine rings is 1. The highest BCUT2D eigenvalue weighted by Gasteiger charge is 2.31. The van der Waals surface area contributed by atoms with Gasteiger partial charge in [0.05, 0.1) is 16.3 Å². The van der Waals surface area contributed by atoms with Gasteiger partial charge < -0.3 is 21.3 Å². The molecule has 12 heteroatoms. The lowest BCUT2D eigenvalue weighted by Crippen LogP contribution is -2.32. The maximum Gasteiger partial charge on any atom is 0.416 e. The number of aromatic nitrogens is 3. The molecule has 162 valence electrons. The van der Waals surface area contributed by atoms with E-state index in [-0.39, 0.29) is 17.3 Å². The molecule has 0 saturated heterocycles. The Morgan fingerprint density at radius 1 is 0.968 bits per heavy atom. The molecule has 0 radical (unpaired) electrons. The fraction of sp³-hybridized carbons (Fsp3) is 0.158. The van der Waals surface area contributed by atoms with E-state index >= 15 is 0 Å². The number of hydrogen-bond donors (Lipinski definition) is 4. The number of hydrogen-bond acceptors (Lipinski definition) is 6. The highest BCUT2D eigenvalue weighted by Crippen LogP contribution is 2.33. The van der Waals surface area contributed by atoms with Gasteiger partial charge in [0.2, 0.25) is 0 Å². The van der Waals surface area contributed by atoms with E-state index in [1.54, 1.807) is 36.7 Å². The quantitative estimate of drug-likeness (QED) is 0.394. The highest BCUT2D eigenvalue weighted by atomic mass is 35.5. The van der Waals surface area contributed by atoms with E-state index in [4.69, 9.17) is 11.6 Å². The Labute approximate surface area is 180 Å². The number of benzene rings is 1.